The third kappa shape index (κ3) is 3.41. The highest BCUT2D eigenvalue weighted by molar-refractivity contribution is 7.89. The monoisotopic (exact) mass is 401 g/mol. The molecule has 1 aliphatic heterocycles. The molecule has 1 aromatic heterocycles. The van der Waals surface area contributed by atoms with E-state index in [9.17, 15) is 22.4 Å². The van der Waals surface area contributed by atoms with Crippen LogP contribution >= 0.6 is 0 Å². The van der Waals surface area contributed by atoms with E-state index in [-0.39, 0.29) is 30.1 Å². The van der Waals surface area contributed by atoms with Crippen molar-refractivity contribution in [3.8, 4) is 0 Å². The summed E-state index contributed by atoms with van der Waals surface area (Å²) in [5.41, 5.74) is 1.26. The number of sulfonamides is 1. The molecule has 9 heteroatoms. The number of pyridine rings is 1. The molecule has 0 bridgehead atoms. The minimum atomic E-state index is -4.20. The van der Waals surface area contributed by atoms with E-state index in [1.807, 2.05) is 0 Å². The second-order valence-corrected chi connectivity index (χ2v) is 8.26. The predicted octanol–water partition coefficient (Wildman–Crippen LogP) is 2.03. The first kappa shape index (κ1) is 18.3. The molecule has 3 N–H and O–H groups in total. The van der Waals surface area contributed by atoms with Crippen LogP contribution in [0.15, 0.2) is 52.2 Å². The molecule has 0 saturated heterocycles. The molecule has 0 radical (unpaired) electrons. The van der Waals surface area contributed by atoms with E-state index >= 15 is 0 Å². The molecule has 144 valence electrons. The Morgan fingerprint density at radius 1 is 1.07 bits per heavy atom. The van der Waals surface area contributed by atoms with Crippen LogP contribution < -0.4 is 15.6 Å². The number of aromatic nitrogens is 1. The van der Waals surface area contributed by atoms with Crippen LogP contribution in [0.2, 0.25) is 0 Å². The number of carbonyl (C=O) groups excluding carboxylic acids is 1. The number of halogens is 1. The van der Waals surface area contributed by atoms with E-state index < -0.39 is 26.3 Å². The molecule has 0 aliphatic carbocycles. The first-order valence-electron chi connectivity index (χ1n) is 8.56. The average Bonchev–Trinajstić information content (AvgIpc) is 2.65. The maximum atomic E-state index is 14.4. The number of hydrogen-bond donors (Lipinski definition) is 3. The summed E-state index contributed by atoms with van der Waals surface area (Å²) in [5.74, 6) is -1.21. The second-order valence-electron chi connectivity index (χ2n) is 6.52. The molecule has 2 heterocycles. The van der Waals surface area contributed by atoms with Crippen molar-refractivity contribution >= 4 is 32.5 Å². The summed E-state index contributed by atoms with van der Waals surface area (Å²) in [6.45, 7) is -0.282. The van der Waals surface area contributed by atoms with Crippen LogP contribution in [0.25, 0.3) is 10.9 Å². The summed E-state index contributed by atoms with van der Waals surface area (Å²) < 4.78 is 41.9. The van der Waals surface area contributed by atoms with Gasteiger partial charge in [0.05, 0.1) is 0 Å². The van der Waals surface area contributed by atoms with E-state index in [0.29, 0.717) is 17.5 Å². The number of fused-ring (bicyclic) bond motifs is 2. The van der Waals surface area contributed by atoms with E-state index in [1.54, 1.807) is 30.3 Å². The van der Waals surface area contributed by atoms with Crippen LogP contribution in [0.3, 0.4) is 0 Å². The molecule has 4 rings (SSSR count). The third-order valence-corrected chi connectivity index (χ3v) is 6.04. The quantitative estimate of drug-likeness (QED) is 0.622. The Kier molecular flexibility index (Phi) is 4.48. The molecular weight excluding hydrogens is 385 g/mol. The maximum Gasteiger partial charge on any atom is 0.252 e. The van der Waals surface area contributed by atoms with Gasteiger partial charge in [0.2, 0.25) is 15.9 Å². The Morgan fingerprint density at radius 3 is 2.68 bits per heavy atom. The molecule has 0 atom stereocenters. The van der Waals surface area contributed by atoms with E-state index in [4.69, 9.17) is 0 Å². The predicted molar refractivity (Wildman–Crippen MR) is 102 cm³/mol. The summed E-state index contributed by atoms with van der Waals surface area (Å²) in [5, 5.41) is 3.28. The van der Waals surface area contributed by atoms with Crippen LogP contribution in [0.5, 0.6) is 0 Å². The van der Waals surface area contributed by atoms with Gasteiger partial charge in [0.25, 0.3) is 5.56 Å². The Labute approximate surface area is 159 Å². The summed E-state index contributed by atoms with van der Waals surface area (Å²) in [6, 6.07) is 10.9. The highest BCUT2D eigenvalue weighted by atomic mass is 32.2. The number of anilines is 1. The number of aromatic amines is 1. The van der Waals surface area contributed by atoms with E-state index in [2.05, 4.69) is 15.0 Å². The topological polar surface area (TPSA) is 108 Å². The Hall–Kier alpha value is -3.04. The summed E-state index contributed by atoms with van der Waals surface area (Å²) in [7, 11) is -4.20. The SMILES string of the molecule is O=C1CCc2cc(S(=O)(=O)NCc3cc4ccccc4[nH]c3=O)c(F)cc2N1. The zero-order chi connectivity index (χ0) is 19.9. The van der Waals surface area contributed by atoms with Gasteiger partial charge < -0.3 is 10.3 Å². The molecule has 1 amide bonds. The van der Waals surface area contributed by atoms with Crippen molar-refractivity contribution in [2.24, 2.45) is 0 Å². The lowest BCUT2D eigenvalue weighted by Gasteiger charge is -2.18. The lowest BCUT2D eigenvalue weighted by atomic mass is 10.0. The second kappa shape index (κ2) is 6.84. The number of benzene rings is 2. The van der Waals surface area contributed by atoms with Crippen LogP contribution in [-0.4, -0.2) is 19.3 Å². The molecular formula is C19H16FN3O4S. The minimum Gasteiger partial charge on any atom is -0.326 e. The van der Waals surface area contributed by atoms with Crippen molar-refractivity contribution < 1.29 is 17.6 Å². The van der Waals surface area contributed by atoms with Crippen molar-refractivity contribution in [3.05, 3.63) is 69.8 Å². The Morgan fingerprint density at radius 2 is 1.86 bits per heavy atom. The largest absolute Gasteiger partial charge is 0.326 e. The average molecular weight is 401 g/mol. The van der Waals surface area contributed by atoms with Gasteiger partial charge in [-0.25, -0.2) is 17.5 Å². The maximum absolute atomic E-state index is 14.4. The number of rotatable bonds is 4. The van der Waals surface area contributed by atoms with Gasteiger partial charge in [0, 0.05) is 29.7 Å². The standard InChI is InChI=1S/C19H16FN3O4S/c20-14-9-16-12(5-6-18(24)22-16)8-17(14)28(26,27)21-10-13-7-11-3-1-2-4-15(11)23-19(13)25/h1-4,7-9,21H,5-6,10H2,(H,22,24)(H,23,25). The molecule has 0 unspecified atom stereocenters. The van der Waals surface area contributed by atoms with E-state index in [1.165, 1.54) is 6.07 Å². The van der Waals surface area contributed by atoms with Gasteiger partial charge in [0.1, 0.15) is 10.7 Å². The van der Waals surface area contributed by atoms with Crippen molar-refractivity contribution in [1.82, 2.24) is 9.71 Å². The van der Waals surface area contributed by atoms with Gasteiger partial charge in [-0.15, -0.1) is 0 Å². The van der Waals surface area contributed by atoms with Crippen LogP contribution in [0.4, 0.5) is 10.1 Å². The smallest absolute Gasteiger partial charge is 0.252 e. The third-order valence-electron chi connectivity index (χ3n) is 4.63. The normalized spacial score (nSPS) is 14.0. The first-order chi connectivity index (χ1) is 13.3. The fourth-order valence-electron chi connectivity index (χ4n) is 3.16. The Bertz CT molecular complexity index is 1270. The van der Waals surface area contributed by atoms with Crippen LogP contribution in [0, 0.1) is 5.82 Å². The number of amides is 1. The summed E-state index contributed by atoms with van der Waals surface area (Å²) in [4.78, 5) is 25.7. The number of nitrogens with one attached hydrogen (secondary N) is 3. The molecule has 3 aromatic rings. The molecule has 28 heavy (non-hydrogen) atoms. The van der Waals surface area contributed by atoms with Crippen molar-refractivity contribution in [1.29, 1.82) is 0 Å². The molecule has 1 aliphatic rings. The summed E-state index contributed by atoms with van der Waals surface area (Å²) in [6.07, 6.45) is 0.534. The molecule has 7 nitrogen and oxygen atoms in total. The van der Waals surface area contributed by atoms with E-state index in [0.717, 1.165) is 11.5 Å². The number of para-hydroxylation sites is 1. The molecule has 2 aromatic carbocycles. The molecule has 0 fully saturated rings. The number of H-pyrrole nitrogens is 1. The zero-order valence-electron chi connectivity index (χ0n) is 14.6. The molecule has 0 saturated carbocycles. The van der Waals surface area contributed by atoms with Crippen molar-refractivity contribution in [2.45, 2.75) is 24.3 Å². The van der Waals surface area contributed by atoms with Crippen LogP contribution in [0.1, 0.15) is 17.5 Å². The van der Waals surface area contributed by atoms with Gasteiger partial charge in [-0.3, -0.25) is 9.59 Å². The van der Waals surface area contributed by atoms with Crippen LogP contribution in [-0.2, 0) is 27.8 Å². The first-order valence-corrected chi connectivity index (χ1v) is 10.0. The lowest BCUT2D eigenvalue weighted by molar-refractivity contribution is -0.116. The fraction of sp³-hybridized carbons (Fsp3) is 0.158. The van der Waals surface area contributed by atoms with Gasteiger partial charge in [-0.1, -0.05) is 18.2 Å². The number of aryl methyl sites for hydroxylation is 1. The molecule has 0 spiro atoms. The highest BCUT2D eigenvalue weighted by Crippen LogP contribution is 2.28. The number of carbonyl (C=O) groups is 1. The van der Waals surface area contributed by atoms with Gasteiger partial charge in [-0.2, -0.15) is 0 Å². The van der Waals surface area contributed by atoms with Gasteiger partial charge in [0.15, 0.2) is 0 Å². The lowest BCUT2D eigenvalue weighted by Crippen LogP contribution is -2.28. The number of hydrogen-bond acceptors (Lipinski definition) is 4. The van der Waals surface area contributed by atoms with Crippen molar-refractivity contribution in [2.75, 3.05) is 5.32 Å². The highest BCUT2D eigenvalue weighted by Gasteiger charge is 2.24. The van der Waals surface area contributed by atoms with Gasteiger partial charge in [-0.05, 0) is 41.6 Å². The van der Waals surface area contributed by atoms with Crippen molar-refractivity contribution in [3.63, 3.8) is 0 Å². The zero-order valence-corrected chi connectivity index (χ0v) is 15.4. The minimum absolute atomic E-state index is 0.206. The Balaban J connectivity index is 1.63. The summed E-state index contributed by atoms with van der Waals surface area (Å²) >= 11 is 0. The van der Waals surface area contributed by atoms with Gasteiger partial charge >= 0.3 is 0 Å². The fourth-order valence-corrected chi connectivity index (χ4v) is 4.27.